The van der Waals surface area contributed by atoms with Crippen molar-refractivity contribution in [3.63, 3.8) is 0 Å². The first-order valence-electron chi connectivity index (χ1n) is 5.90. The summed E-state index contributed by atoms with van der Waals surface area (Å²) in [6, 6.07) is 0. The molecule has 4 heteroatoms. The van der Waals surface area contributed by atoms with Crippen LogP contribution in [0.5, 0.6) is 0 Å². The van der Waals surface area contributed by atoms with Gasteiger partial charge in [-0.3, -0.25) is 0 Å². The zero-order valence-corrected chi connectivity index (χ0v) is 10.7. The van der Waals surface area contributed by atoms with E-state index in [4.69, 9.17) is 0 Å². The van der Waals surface area contributed by atoms with Gasteiger partial charge in [0.2, 0.25) is 5.95 Å². The van der Waals surface area contributed by atoms with Crippen LogP contribution >= 0.6 is 0 Å². The summed E-state index contributed by atoms with van der Waals surface area (Å²) in [5.41, 5.74) is 2.21. The van der Waals surface area contributed by atoms with Gasteiger partial charge in [0.05, 0.1) is 0 Å². The van der Waals surface area contributed by atoms with Gasteiger partial charge in [0, 0.05) is 30.5 Å². The summed E-state index contributed by atoms with van der Waals surface area (Å²) < 4.78 is 0. The van der Waals surface area contributed by atoms with Crippen molar-refractivity contribution in [2.45, 2.75) is 34.2 Å². The minimum absolute atomic E-state index is 0.669. The van der Waals surface area contributed by atoms with Crippen molar-refractivity contribution in [2.24, 2.45) is 5.92 Å². The van der Waals surface area contributed by atoms with Crippen molar-refractivity contribution in [1.29, 1.82) is 0 Å². The zero-order valence-electron chi connectivity index (χ0n) is 10.7. The van der Waals surface area contributed by atoms with Gasteiger partial charge >= 0.3 is 0 Å². The first-order valence-corrected chi connectivity index (χ1v) is 5.90. The largest absolute Gasteiger partial charge is 0.354 e. The van der Waals surface area contributed by atoms with E-state index in [0.717, 1.165) is 25.3 Å². The Morgan fingerprint density at radius 2 is 2.12 bits per heavy atom. The van der Waals surface area contributed by atoms with Gasteiger partial charge in [-0.1, -0.05) is 13.8 Å². The molecule has 4 nitrogen and oxygen atoms in total. The molecular weight excluding hydrogens is 200 g/mol. The van der Waals surface area contributed by atoms with Crippen LogP contribution in [-0.4, -0.2) is 23.1 Å². The second-order valence-corrected chi connectivity index (χ2v) is 4.36. The molecule has 0 saturated carbocycles. The first kappa shape index (κ1) is 12.9. The summed E-state index contributed by atoms with van der Waals surface area (Å²) in [7, 11) is 0. The number of aromatic nitrogens is 2. The smallest absolute Gasteiger partial charge is 0.222 e. The summed E-state index contributed by atoms with van der Waals surface area (Å²) in [6.07, 6.45) is 1.90. The van der Waals surface area contributed by atoms with Crippen LogP contribution < -0.4 is 10.6 Å². The lowest BCUT2D eigenvalue weighted by atomic mass is 10.2. The van der Waals surface area contributed by atoms with Crippen LogP contribution in [0.1, 0.15) is 32.0 Å². The van der Waals surface area contributed by atoms with E-state index in [-0.39, 0.29) is 0 Å². The van der Waals surface area contributed by atoms with Crippen LogP contribution in [0.25, 0.3) is 0 Å². The summed E-state index contributed by atoms with van der Waals surface area (Å²) >= 11 is 0. The maximum absolute atomic E-state index is 4.40. The van der Waals surface area contributed by atoms with E-state index < -0.39 is 0 Å². The SMILES string of the molecule is CCNc1ncc(CNCC(C)C)c(C)n1. The second kappa shape index (κ2) is 6.43. The molecule has 0 spiro atoms. The predicted molar refractivity (Wildman–Crippen MR) is 67.5 cm³/mol. The number of nitrogens with one attached hydrogen (secondary N) is 2. The van der Waals surface area contributed by atoms with Gasteiger partial charge in [-0.2, -0.15) is 0 Å². The predicted octanol–water partition coefficient (Wildman–Crippen LogP) is 1.96. The van der Waals surface area contributed by atoms with Gasteiger partial charge in [0.1, 0.15) is 0 Å². The molecule has 0 saturated heterocycles. The van der Waals surface area contributed by atoms with Crippen LogP contribution in [0.15, 0.2) is 6.20 Å². The second-order valence-electron chi connectivity index (χ2n) is 4.36. The molecule has 0 amide bonds. The average Bonchev–Trinajstić information content (AvgIpc) is 2.21. The van der Waals surface area contributed by atoms with Crippen molar-refractivity contribution >= 4 is 5.95 Å². The fraction of sp³-hybridized carbons (Fsp3) is 0.667. The van der Waals surface area contributed by atoms with E-state index in [1.54, 1.807) is 0 Å². The molecule has 0 aliphatic rings. The molecule has 0 fully saturated rings. The fourth-order valence-electron chi connectivity index (χ4n) is 1.40. The van der Waals surface area contributed by atoms with E-state index in [1.165, 1.54) is 5.56 Å². The lowest BCUT2D eigenvalue weighted by Crippen LogP contribution is -2.20. The third-order valence-corrected chi connectivity index (χ3v) is 2.28. The molecule has 1 rings (SSSR count). The third-order valence-electron chi connectivity index (χ3n) is 2.28. The minimum atomic E-state index is 0.669. The van der Waals surface area contributed by atoms with Crippen molar-refractivity contribution in [3.05, 3.63) is 17.5 Å². The number of nitrogens with zero attached hydrogens (tertiary/aromatic N) is 2. The Kier molecular flexibility index (Phi) is 5.19. The first-order chi connectivity index (χ1) is 7.63. The Morgan fingerprint density at radius 3 is 2.69 bits per heavy atom. The van der Waals surface area contributed by atoms with Gasteiger partial charge in [0.25, 0.3) is 0 Å². The van der Waals surface area contributed by atoms with Crippen LogP contribution in [-0.2, 0) is 6.54 Å². The Labute approximate surface area is 97.9 Å². The molecule has 1 aromatic rings. The molecule has 0 aliphatic carbocycles. The average molecular weight is 222 g/mol. The lowest BCUT2D eigenvalue weighted by Gasteiger charge is -2.10. The van der Waals surface area contributed by atoms with Crippen molar-refractivity contribution in [1.82, 2.24) is 15.3 Å². The Balaban J connectivity index is 2.54. The molecule has 0 aromatic carbocycles. The Morgan fingerprint density at radius 1 is 1.38 bits per heavy atom. The summed E-state index contributed by atoms with van der Waals surface area (Å²) in [5, 5.41) is 6.50. The summed E-state index contributed by atoms with van der Waals surface area (Å²) in [5.74, 6) is 1.38. The normalized spacial score (nSPS) is 10.8. The summed E-state index contributed by atoms with van der Waals surface area (Å²) in [4.78, 5) is 8.66. The van der Waals surface area contributed by atoms with E-state index in [1.807, 2.05) is 20.0 Å². The number of aryl methyl sites for hydroxylation is 1. The fourth-order valence-corrected chi connectivity index (χ4v) is 1.40. The summed E-state index contributed by atoms with van der Waals surface area (Å²) in [6.45, 7) is 11.2. The molecule has 16 heavy (non-hydrogen) atoms. The lowest BCUT2D eigenvalue weighted by molar-refractivity contribution is 0.550. The van der Waals surface area contributed by atoms with Crippen molar-refractivity contribution in [2.75, 3.05) is 18.4 Å². The third kappa shape index (κ3) is 4.14. The van der Waals surface area contributed by atoms with Gasteiger partial charge in [0.15, 0.2) is 0 Å². The van der Waals surface area contributed by atoms with E-state index in [2.05, 4.69) is 34.4 Å². The monoisotopic (exact) mass is 222 g/mol. The highest BCUT2D eigenvalue weighted by Gasteiger charge is 2.02. The van der Waals surface area contributed by atoms with Crippen LogP contribution in [0.2, 0.25) is 0 Å². The number of hydrogen-bond donors (Lipinski definition) is 2. The van der Waals surface area contributed by atoms with E-state index in [0.29, 0.717) is 11.9 Å². The van der Waals surface area contributed by atoms with Gasteiger partial charge < -0.3 is 10.6 Å². The van der Waals surface area contributed by atoms with E-state index in [9.17, 15) is 0 Å². The van der Waals surface area contributed by atoms with Gasteiger partial charge in [-0.25, -0.2) is 9.97 Å². The Bertz CT molecular complexity index is 323. The molecule has 0 atom stereocenters. The van der Waals surface area contributed by atoms with Gasteiger partial charge in [-0.05, 0) is 26.3 Å². The topological polar surface area (TPSA) is 49.8 Å². The highest BCUT2D eigenvalue weighted by atomic mass is 15.1. The number of hydrogen-bond acceptors (Lipinski definition) is 4. The highest BCUT2D eigenvalue weighted by molar-refractivity contribution is 5.28. The zero-order chi connectivity index (χ0) is 12.0. The molecule has 90 valence electrons. The molecule has 0 radical (unpaired) electrons. The van der Waals surface area contributed by atoms with Crippen LogP contribution in [0.4, 0.5) is 5.95 Å². The van der Waals surface area contributed by atoms with Crippen molar-refractivity contribution < 1.29 is 0 Å². The standard InChI is InChI=1S/C12H22N4/c1-5-14-12-15-8-11(10(4)16-12)7-13-6-9(2)3/h8-9,13H,5-7H2,1-4H3,(H,14,15,16). The molecule has 2 N–H and O–H groups in total. The Hall–Kier alpha value is -1.16. The maximum atomic E-state index is 4.40. The van der Waals surface area contributed by atoms with Gasteiger partial charge in [-0.15, -0.1) is 0 Å². The number of anilines is 1. The molecule has 0 aliphatic heterocycles. The minimum Gasteiger partial charge on any atom is -0.354 e. The number of rotatable bonds is 6. The van der Waals surface area contributed by atoms with Crippen LogP contribution in [0.3, 0.4) is 0 Å². The molecular formula is C12H22N4. The molecule has 0 bridgehead atoms. The molecule has 1 aromatic heterocycles. The molecule has 1 heterocycles. The quantitative estimate of drug-likeness (QED) is 0.772. The molecule has 0 unspecified atom stereocenters. The van der Waals surface area contributed by atoms with E-state index >= 15 is 0 Å². The maximum Gasteiger partial charge on any atom is 0.222 e. The van der Waals surface area contributed by atoms with Crippen molar-refractivity contribution in [3.8, 4) is 0 Å². The van der Waals surface area contributed by atoms with Crippen LogP contribution in [0, 0.1) is 12.8 Å². The highest BCUT2D eigenvalue weighted by Crippen LogP contribution is 2.06.